The molecule has 23 heavy (non-hydrogen) atoms. The van der Waals surface area contributed by atoms with Crippen molar-refractivity contribution in [1.82, 2.24) is 4.98 Å². The van der Waals surface area contributed by atoms with Crippen LogP contribution in [0.2, 0.25) is 0 Å². The van der Waals surface area contributed by atoms with E-state index in [-0.39, 0.29) is 5.91 Å². The molecule has 1 aromatic carbocycles. The molecular weight excluding hydrogens is 344 g/mol. The fourth-order valence-electron chi connectivity index (χ4n) is 1.95. The van der Waals surface area contributed by atoms with Crippen molar-refractivity contribution in [2.24, 2.45) is 0 Å². The molecule has 0 aliphatic carbocycles. The van der Waals surface area contributed by atoms with Crippen LogP contribution in [0.4, 0.5) is 5.13 Å². The summed E-state index contributed by atoms with van der Waals surface area (Å²) < 4.78 is 0. The molecule has 0 radical (unpaired) electrons. The minimum absolute atomic E-state index is 0.0108. The number of carbonyl (C=O) groups is 1. The molecule has 1 amide bonds. The third-order valence-electron chi connectivity index (χ3n) is 3.14. The Labute approximate surface area is 147 Å². The van der Waals surface area contributed by atoms with Gasteiger partial charge in [-0.25, -0.2) is 4.98 Å². The monoisotopic (exact) mass is 360 g/mol. The van der Waals surface area contributed by atoms with Gasteiger partial charge in [0.15, 0.2) is 5.13 Å². The molecule has 3 aromatic rings. The first-order chi connectivity index (χ1) is 11.2. The van der Waals surface area contributed by atoms with Gasteiger partial charge in [-0.2, -0.15) is 0 Å². The van der Waals surface area contributed by atoms with E-state index in [4.69, 9.17) is 0 Å². The van der Waals surface area contributed by atoms with E-state index in [1.165, 1.54) is 21.8 Å². The highest BCUT2D eigenvalue weighted by Crippen LogP contribution is 2.28. The van der Waals surface area contributed by atoms with Gasteiger partial charge in [-0.1, -0.05) is 23.8 Å². The van der Waals surface area contributed by atoms with Crippen LogP contribution in [0.15, 0.2) is 52.1 Å². The number of thiazole rings is 1. The van der Waals surface area contributed by atoms with E-state index in [1.54, 1.807) is 23.1 Å². The number of hydrogen-bond donors (Lipinski definition) is 1. The van der Waals surface area contributed by atoms with E-state index in [0.29, 0.717) is 11.6 Å². The molecule has 0 unspecified atom stereocenters. The first-order valence-corrected chi connectivity index (χ1v) is 9.94. The van der Waals surface area contributed by atoms with E-state index < -0.39 is 0 Å². The molecule has 2 aromatic heterocycles. The first-order valence-electron chi connectivity index (χ1n) is 7.19. The Bertz CT molecular complexity index is 764. The number of anilines is 1. The summed E-state index contributed by atoms with van der Waals surface area (Å²) >= 11 is 4.81. The standard InChI is InChI=1S/C17H16N2OS3/c1-12-4-6-13(7-5-12)21-10-8-16(20)19-17-18-14(11-23-17)15-3-2-9-22-15/h2-7,9,11H,8,10H2,1H3,(H,18,19,20). The van der Waals surface area contributed by atoms with Crippen LogP contribution in [0.1, 0.15) is 12.0 Å². The van der Waals surface area contributed by atoms with Crippen LogP contribution in [0.3, 0.4) is 0 Å². The zero-order valence-electron chi connectivity index (χ0n) is 12.6. The molecule has 1 N–H and O–H groups in total. The van der Waals surface area contributed by atoms with Crippen LogP contribution in [-0.4, -0.2) is 16.6 Å². The van der Waals surface area contributed by atoms with E-state index in [0.717, 1.165) is 16.3 Å². The summed E-state index contributed by atoms with van der Waals surface area (Å²) in [7, 11) is 0. The van der Waals surface area contributed by atoms with Gasteiger partial charge in [0.05, 0.1) is 10.6 Å². The SMILES string of the molecule is Cc1ccc(SCCC(=O)Nc2nc(-c3cccs3)cs2)cc1. The fourth-order valence-corrected chi connectivity index (χ4v) is 4.29. The lowest BCUT2D eigenvalue weighted by atomic mass is 10.2. The number of nitrogens with one attached hydrogen (secondary N) is 1. The van der Waals surface area contributed by atoms with Crippen LogP contribution >= 0.6 is 34.4 Å². The molecule has 0 aliphatic heterocycles. The number of thioether (sulfide) groups is 1. The van der Waals surface area contributed by atoms with Crippen molar-refractivity contribution in [2.45, 2.75) is 18.2 Å². The van der Waals surface area contributed by atoms with Crippen LogP contribution in [0.5, 0.6) is 0 Å². The summed E-state index contributed by atoms with van der Waals surface area (Å²) in [6, 6.07) is 12.4. The van der Waals surface area contributed by atoms with Gasteiger partial charge in [-0.15, -0.1) is 34.4 Å². The number of carbonyl (C=O) groups excluding carboxylic acids is 1. The molecule has 2 heterocycles. The number of benzene rings is 1. The molecule has 0 saturated carbocycles. The smallest absolute Gasteiger partial charge is 0.226 e. The van der Waals surface area contributed by atoms with Crippen molar-refractivity contribution in [3.8, 4) is 10.6 Å². The van der Waals surface area contributed by atoms with E-state index in [9.17, 15) is 4.79 Å². The summed E-state index contributed by atoms with van der Waals surface area (Å²) in [5, 5.41) is 7.54. The van der Waals surface area contributed by atoms with E-state index in [1.807, 2.05) is 22.9 Å². The minimum Gasteiger partial charge on any atom is -0.302 e. The molecule has 0 saturated heterocycles. The van der Waals surface area contributed by atoms with Gasteiger partial charge in [-0.3, -0.25) is 4.79 Å². The lowest BCUT2D eigenvalue weighted by molar-refractivity contribution is -0.115. The van der Waals surface area contributed by atoms with Crippen molar-refractivity contribution in [1.29, 1.82) is 0 Å². The molecule has 0 fully saturated rings. The number of nitrogens with zero attached hydrogens (tertiary/aromatic N) is 1. The average molecular weight is 361 g/mol. The quantitative estimate of drug-likeness (QED) is 0.606. The zero-order valence-corrected chi connectivity index (χ0v) is 15.1. The Kier molecular flexibility index (Phi) is 5.48. The van der Waals surface area contributed by atoms with Crippen molar-refractivity contribution >= 4 is 45.5 Å². The number of thiophene rings is 1. The van der Waals surface area contributed by atoms with Gasteiger partial charge in [0.2, 0.25) is 5.91 Å². The summed E-state index contributed by atoms with van der Waals surface area (Å²) in [5.74, 6) is 0.773. The molecule has 6 heteroatoms. The summed E-state index contributed by atoms with van der Waals surface area (Å²) in [6.07, 6.45) is 0.479. The minimum atomic E-state index is 0.0108. The number of aromatic nitrogens is 1. The molecule has 0 aliphatic rings. The third-order valence-corrected chi connectivity index (χ3v) is 5.81. The normalized spacial score (nSPS) is 10.7. The van der Waals surface area contributed by atoms with Crippen molar-refractivity contribution < 1.29 is 4.79 Å². The molecule has 0 atom stereocenters. The maximum atomic E-state index is 12.0. The largest absolute Gasteiger partial charge is 0.302 e. The number of rotatable bonds is 6. The molecule has 0 bridgehead atoms. The Balaban J connectivity index is 1.47. The molecule has 0 spiro atoms. The van der Waals surface area contributed by atoms with Gasteiger partial charge < -0.3 is 5.32 Å². The Hall–Kier alpha value is -1.63. The second-order valence-electron chi connectivity index (χ2n) is 4.97. The van der Waals surface area contributed by atoms with Crippen molar-refractivity contribution in [3.63, 3.8) is 0 Å². The molecular formula is C17H16N2OS3. The van der Waals surface area contributed by atoms with Crippen molar-refractivity contribution in [2.75, 3.05) is 11.1 Å². The maximum absolute atomic E-state index is 12.0. The average Bonchev–Trinajstić information content (AvgIpc) is 3.20. The van der Waals surface area contributed by atoms with Gasteiger partial charge in [0, 0.05) is 22.4 Å². The van der Waals surface area contributed by atoms with Gasteiger partial charge in [0.1, 0.15) is 0 Å². The number of hydrogen-bond acceptors (Lipinski definition) is 5. The topological polar surface area (TPSA) is 42.0 Å². The predicted molar refractivity (Wildman–Crippen MR) is 101 cm³/mol. The number of amides is 1. The van der Waals surface area contributed by atoms with Gasteiger partial charge in [-0.05, 0) is 30.5 Å². The highest BCUT2D eigenvalue weighted by atomic mass is 32.2. The van der Waals surface area contributed by atoms with Gasteiger partial charge >= 0.3 is 0 Å². The van der Waals surface area contributed by atoms with Gasteiger partial charge in [0.25, 0.3) is 0 Å². The Morgan fingerprint density at radius 1 is 1.22 bits per heavy atom. The Morgan fingerprint density at radius 2 is 2.04 bits per heavy atom. The molecule has 3 rings (SSSR count). The Morgan fingerprint density at radius 3 is 2.78 bits per heavy atom. The van der Waals surface area contributed by atoms with E-state index >= 15 is 0 Å². The third kappa shape index (κ3) is 4.67. The highest BCUT2D eigenvalue weighted by molar-refractivity contribution is 7.99. The maximum Gasteiger partial charge on any atom is 0.226 e. The highest BCUT2D eigenvalue weighted by Gasteiger charge is 2.08. The van der Waals surface area contributed by atoms with Crippen LogP contribution in [-0.2, 0) is 4.79 Å². The lowest BCUT2D eigenvalue weighted by Crippen LogP contribution is -2.11. The summed E-state index contributed by atoms with van der Waals surface area (Å²) in [5.41, 5.74) is 2.17. The van der Waals surface area contributed by atoms with Crippen LogP contribution in [0, 0.1) is 6.92 Å². The predicted octanol–water partition coefficient (Wildman–Crippen LogP) is 5.30. The zero-order chi connectivity index (χ0) is 16.1. The van der Waals surface area contributed by atoms with Crippen molar-refractivity contribution in [3.05, 3.63) is 52.7 Å². The second kappa shape index (κ2) is 7.77. The first kappa shape index (κ1) is 16.2. The van der Waals surface area contributed by atoms with Crippen LogP contribution in [0.25, 0.3) is 10.6 Å². The lowest BCUT2D eigenvalue weighted by Gasteiger charge is -2.03. The number of aryl methyl sites for hydroxylation is 1. The summed E-state index contributed by atoms with van der Waals surface area (Å²) in [4.78, 5) is 18.8. The second-order valence-corrected chi connectivity index (χ2v) is 7.95. The molecule has 3 nitrogen and oxygen atoms in total. The fraction of sp³-hybridized carbons (Fsp3) is 0.176. The van der Waals surface area contributed by atoms with E-state index in [2.05, 4.69) is 41.5 Å². The van der Waals surface area contributed by atoms with Crippen LogP contribution < -0.4 is 5.32 Å². The summed E-state index contributed by atoms with van der Waals surface area (Å²) in [6.45, 7) is 2.07. The molecule has 118 valence electrons.